The second kappa shape index (κ2) is 8.19. The van der Waals surface area contributed by atoms with E-state index in [1.54, 1.807) is 59.0 Å². The lowest BCUT2D eigenvalue weighted by atomic mass is 10.0. The molecule has 0 aliphatic rings. The molecule has 0 unspecified atom stereocenters. The molecule has 0 radical (unpaired) electrons. The lowest BCUT2D eigenvalue weighted by Crippen LogP contribution is -2.53. The van der Waals surface area contributed by atoms with Gasteiger partial charge in [-0.2, -0.15) is 0 Å². The highest BCUT2D eigenvalue weighted by atomic mass is 35.5. The molecule has 0 aliphatic carbocycles. The number of hydrogen-bond acceptors (Lipinski definition) is 5. The van der Waals surface area contributed by atoms with Gasteiger partial charge in [-0.3, -0.25) is 4.79 Å². The van der Waals surface area contributed by atoms with E-state index < -0.39 is 23.1 Å². The number of H-pyrrole nitrogens is 1. The minimum Gasteiger partial charge on any atom is -0.444 e. The third kappa shape index (κ3) is 5.52. The second-order valence-corrected chi connectivity index (χ2v) is 9.28. The normalized spacial score (nSPS) is 12.0. The van der Waals surface area contributed by atoms with E-state index in [4.69, 9.17) is 16.3 Å². The maximum absolute atomic E-state index is 12.8. The van der Waals surface area contributed by atoms with Gasteiger partial charge in [0.1, 0.15) is 17.0 Å². The van der Waals surface area contributed by atoms with Crippen LogP contribution in [0.5, 0.6) is 0 Å². The Hall–Kier alpha value is -3.13. The first kappa shape index (κ1) is 22.6. The van der Waals surface area contributed by atoms with Crippen LogP contribution in [-0.4, -0.2) is 38.1 Å². The predicted molar refractivity (Wildman–Crippen MR) is 121 cm³/mol. The number of aromatic nitrogens is 3. The zero-order chi connectivity index (χ0) is 23.0. The third-order valence-electron chi connectivity index (χ3n) is 4.33. The highest BCUT2D eigenvalue weighted by Gasteiger charge is 2.31. The van der Waals surface area contributed by atoms with Crippen molar-refractivity contribution in [1.82, 2.24) is 20.3 Å². The number of hydrogen-bond donors (Lipinski definition) is 3. The van der Waals surface area contributed by atoms with Crippen LogP contribution in [0.25, 0.3) is 22.6 Å². The molecule has 2 heterocycles. The van der Waals surface area contributed by atoms with Crippen molar-refractivity contribution in [1.29, 1.82) is 0 Å². The predicted octanol–water partition coefficient (Wildman–Crippen LogP) is 4.83. The Labute approximate surface area is 185 Å². The SMILES string of the molecule is Cc1cnc2nc(-c3cc(NC(=O)C(C)(C)NC(=O)OC(C)(C)C)ccc3Cl)[nH]c2c1. The number of anilines is 1. The number of imidazole rings is 1. The summed E-state index contributed by atoms with van der Waals surface area (Å²) in [6.45, 7) is 10.4. The van der Waals surface area contributed by atoms with Gasteiger partial charge in [-0.05, 0) is 71.4 Å². The number of aryl methyl sites for hydroxylation is 1. The Morgan fingerprint density at radius 1 is 1.13 bits per heavy atom. The first-order chi connectivity index (χ1) is 14.3. The van der Waals surface area contributed by atoms with E-state index in [1.165, 1.54) is 0 Å². The number of carbonyl (C=O) groups excluding carboxylic acids is 2. The summed E-state index contributed by atoms with van der Waals surface area (Å²) in [5, 5.41) is 5.87. The molecule has 3 N–H and O–H groups in total. The number of fused-ring (bicyclic) bond motifs is 1. The summed E-state index contributed by atoms with van der Waals surface area (Å²) in [6.07, 6.45) is 1.07. The lowest BCUT2D eigenvalue weighted by molar-refractivity contribution is -0.121. The average molecular weight is 444 g/mol. The van der Waals surface area contributed by atoms with Crippen molar-refractivity contribution in [3.05, 3.63) is 41.0 Å². The topological polar surface area (TPSA) is 109 Å². The Balaban J connectivity index is 1.80. The molecule has 0 saturated heterocycles. The average Bonchev–Trinajstić information content (AvgIpc) is 3.03. The Morgan fingerprint density at radius 2 is 1.84 bits per heavy atom. The molecule has 0 bridgehead atoms. The van der Waals surface area contributed by atoms with Crippen molar-refractivity contribution < 1.29 is 14.3 Å². The second-order valence-electron chi connectivity index (χ2n) is 8.87. The molecule has 0 spiro atoms. The Bertz CT molecular complexity index is 1150. The largest absolute Gasteiger partial charge is 0.444 e. The summed E-state index contributed by atoms with van der Waals surface area (Å²) < 4.78 is 5.24. The Kier molecular flexibility index (Phi) is 5.96. The highest BCUT2D eigenvalue weighted by molar-refractivity contribution is 6.33. The molecule has 164 valence electrons. The van der Waals surface area contributed by atoms with E-state index in [2.05, 4.69) is 25.6 Å². The van der Waals surface area contributed by atoms with Crippen LogP contribution in [0.1, 0.15) is 40.2 Å². The van der Waals surface area contributed by atoms with Crippen molar-refractivity contribution in [2.75, 3.05) is 5.32 Å². The van der Waals surface area contributed by atoms with Crippen LogP contribution in [0.3, 0.4) is 0 Å². The van der Waals surface area contributed by atoms with Crippen molar-refractivity contribution in [3.63, 3.8) is 0 Å². The molecule has 2 aromatic heterocycles. The van der Waals surface area contributed by atoms with Crippen molar-refractivity contribution in [2.45, 2.75) is 52.7 Å². The molecule has 2 amide bonds. The van der Waals surface area contributed by atoms with Crippen LogP contribution < -0.4 is 10.6 Å². The van der Waals surface area contributed by atoms with Crippen molar-refractivity contribution in [3.8, 4) is 11.4 Å². The number of nitrogens with one attached hydrogen (secondary N) is 3. The number of carbonyl (C=O) groups is 2. The van der Waals surface area contributed by atoms with Gasteiger partial charge >= 0.3 is 6.09 Å². The van der Waals surface area contributed by atoms with Crippen LogP contribution in [0.4, 0.5) is 10.5 Å². The molecule has 31 heavy (non-hydrogen) atoms. The summed E-state index contributed by atoms with van der Waals surface area (Å²) in [6, 6.07) is 7.02. The van der Waals surface area contributed by atoms with Gasteiger partial charge in [0, 0.05) is 17.4 Å². The van der Waals surface area contributed by atoms with Gasteiger partial charge in [-0.1, -0.05) is 11.6 Å². The highest BCUT2D eigenvalue weighted by Crippen LogP contribution is 2.30. The first-order valence-corrected chi connectivity index (χ1v) is 10.2. The van der Waals surface area contributed by atoms with E-state index in [0.717, 1.165) is 11.1 Å². The maximum Gasteiger partial charge on any atom is 0.408 e. The minimum absolute atomic E-state index is 0.409. The van der Waals surface area contributed by atoms with Gasteiger partial charge in [0.2, 0.25) is 5.91 Å². The van der Waals surface area contributed by atoms with Gasteiger partial charge in [-0.15, -0.1) is 0 Å². The number of alkyl carbamates (subject to hydrolysis) is 1. The fourth-order valence-electron chi connectivity index (χ4n) is 2.82. The fourth-order valence-corrected chi connectivity index (χ4v) is 3.03. The summed E-state index contributed by atoms with van der Waals surface area (Å²) in [7, 11) is 0. The molecule has 9 heteroatoms. The van der Waals surface area contributed by atoms with Gasteiger partial charge < -0.3 is 20.4 Å². The van der Waals surface area contributed by atoms with Gasteiger partial charge in [0.25, 0.3) is 0 Å². The van der Waals surface area contributed by atoms with Gasteiger partial charge in [0.05, 0.1) is 10.5 Å². The summed E-state index contributed by atoms with van der Waals surface area (Å²) >= 11 is 6.38. The van der Waals surface area contributed by atoms with Crippen LogP contribution in [0.2, 0.25) is 5.02 Å². The van der Waals surface area contributed by atoms with Crippen molar-refractivity contribution >= 4 is 40.5 Å². The molecule has 0 aliphatic heterocycles. The number of rotatable bonds is 4. The Morgan fingerprint density at radius 3 is 2.52 bits per heavy atom. The molecule has 3 rings (SSSR count). The fraction of sp³-hybridized carbons (Fsp3) is 0.364. The zero-order valence-electron chi connectivity index (χ0n) is 18.4. The third-order valence-corrected chi connectivity index (χ3v) is 4.66. The molecule has 0 atom stereocenters. The van der Waals surface area contributed by atoms with Crippen LogP contribution >= 0.6 is 11.6 Å². The number of pyridine rings is 1. The molecule has 0 saturated carbocycles. The number of halogens is 1. The summed E-state index contributed by atoms with van der Waals surface area (Å²) in [4.78, 5) is 36.9. The summed E-state index contributed by atoms with van der Waals surface area (Å²) in [5.74, 6) is 0.133. The standard InChI is InChI=1S/C22H26ClN5O3/c1-12-9-16-18(24-11-12)27-17(26-16)14-10-13(7-8-15(14)23)25-19(29)22(5,6)28-20(30)31-21(2,3)4/h7-11H,1-6H3,(H,25,29)(H,28,30)(H,24,26,27). The smallest absolute Gasteiger partial charge is 0.408 e. The van der Waals surface area contributed by atoms with E-state index in [1.807, 2.05) is 13.0 Å². The van der Waals surface area contributed by atoms with Crippen LogP contribution in [0.15, 0.2) is 30.5 Å². The van der Waals surface area contributed by atoms with E-state index in [0.29, 0.717) is 27.7 Å². The van der Waals surface area contributed by atoms with Crippen molar-refractivity contribution in [2.24, 2.45) is 0 Å². The van der Waals surface area contributed by atoms with Crippen LogP contribution in [-0.2, 0) is 9.53 Å². The molecular weight excluding hydrogens is 418 g/mol. The molecular formula is C22H26ClN5O3. The zero-order valence-corrected chi connectivity index (χ0v) is 19.1. The number of ether oxygens (including phenoxy) is 1. The number of benzene rings is 1. The monoisotopic (exact) mass is 443 g/mol. The molecule has 8 nitrogen and oxygen atoms in total. The lowest BCUT2D eigenvalue weighted by Gasteiger charge is -2.27. The van der Waals surface area contributed by atoms with Crippen LogP contribution in [0, 0.1) is 6.92 Å². The van der Waals surface area contributed by atoms with Gasteiger partial charge in [-0.25, -0.2) is 14.8 Å². The maximum atomic E-state index is 12.8. The molecule has 1 aromatic carbocycles. The number of amides is 2. The van der Waals surface area contributed by atoms with E-state index in [9.17, 15) is 9.59 Å². The minimum atomic E-state index is -1.21. The molecule has 3 aromatic rings. The first-order valence-electron chi connectivity index (χ1n) is 9.79. The van der Waals surface area contributed by atoms with Gasteiger partial charge in [0.15, 0.2) is 5.65 Å². The molecule has 0 fully saturated rings. The number of aromatic amines is 1. The quantitative estimate of drug-likeness (QED) is 0.535. The van der Waals surface area contributed by atoms with E-state index >= 15 is 0 Å². The number of nitrogens with zero attached hydrogens (tertiary/aromatic N) is 2. The summed E-state index contributed by atoms with van der Waals surface area (Å²) in [5.41, 5.74) is 1.64. The van der Waals surface area contributed by atoms with E-state index in [-0.39, 0.29) is 0 Å².